The number of amides is 2. The van der Waals surface area contributed by atoms with Gasteiger partial charge in [-0.05, 0) is 55.0 Å². The van der Waals surface area contributed by atoms with Crippen molar-refractivity contribution in [3.63, 3.8) is 0 Å². The van der Waals surface area contributed by atoms with Gasteiger partial charge in [0.15, 0.2) is 0 Å². The highest BCUT2D eigenvalue weighted by atomic mass is 19.1. The standard InChI is InChI=1S/C24H27FN2O4/c1-3-11-24(26-22(28)31-16-18-7-5-4-6-8-18)12-13-27(23(29)30)21(15-24)20-10-9-19(25)14-17(20)2/h3-10,14,21H,1,11-13,15-16H2,2H3,(H,26,28)(H,29,30)/t21-,24+/m1/s1. The molecule has 7 heteroatoms. The number of hydrogen-bond donors (Lipinski definition) is 2. The van der Waals surface area contributed by atoms with Gasteiger partial charge in [-0.1, -0.05) is 42.5 Å². The third kappa shape index (κ3) is 5.42. The molecule has 2 amide bonds. The number of carbonyl (C=O) groups excluding carboxylic acids is 1. The lowest BCUT2D eigenvalue weighted by Crippen LogP contribution is -2.56. The summed E-state index contributed by atoms with van der Waals surface area (Å²) in [7, 11) is 0. The molecule has 1 heterocycles. The smallest absolute Gasteiger partial charge is 0.407 e. The number of likely N-dealkylation sites (tertiary alicyclic amines) is 1. The molecular formula is C24H27FN2O4. The van der Waals surface area contributed by atoms with Gasteiger partial charge in [0.1, 0.15) is 12.4 Å². The number of ether oxygens (including phenoxy) is 1. The van der Waals surface area contributed by atoms with Gasteiger partial charge < -0.3 is 20.1 Å². The number of benzene rings is 2. The van der Waals surface area contributed by atoms with E-state index in [0.29, 0.717) is 24.8 Å². The zero-order valence-corrected chi connectivity index (χ0v) is 17.5. The van der Waals surface area contributed by atoms with Gasteiger partial charge in [-0.2, -0.15) is 0 Å². The van der Waals surface area contributed by atoms with Crippen LogP contribution in [0, 0.1) is 12.7 Å². The lowest BCUT2D eigenvalue weighted by atomic mass is 9.78. The number of hydrogen-bond acceptors (Lipinski definition) is 3. The maximum absolute atomic E-state index is 13.6. The molecule has 0 saturated carbocycles. The molecule has 1 aliphatic heterocycles. The maximum atomic E-state index is 13.6. The second kappa shape index (κ2) is 9.64. The Morgan fingerprint density at radius 2 is 2.06 bits per heavy atom. The number of carboxylic acid groups (broad SMARTS) is 1. The first-order chi connectivity index (χ1) is 14.8. The summed E-state index contributed by atoms with van der Waals surface area (Å²) >= 11 is 0. The fourth-order valence-corrected chi connectivity index (χ4v) is 4.19. The van der Waals surface area contributed by atoms with Gasteiger partial charge in [0.05, 0.1) is 11.6 Å². The lowest BCUT2D eigenvalue weighted by Gasteiger charge is -2.46. The van der Waals surface area contributed by atoms with Crippen molar-refractivity contribution in [2.24, 2.45) is 0 Å². The molecule has 1 saturated heterocycles. The van der Waals surface area contributed by atoms with Crippen molar-refractivity contribution in [1.82, 2.24) is 10.2 Å². The van der Waals surface area contributed by atoms with Crippen LogP contribution < -0.4 is 5.32 Å². The molecule has 2 N–H and O–H groups in total. The molecule has 0 bridgehead atoms. The Morgan fingerprint density at radius 1 is 1.32 bits per heavy atom. The number of nitrogens with zero attached hydrogens (tertiary/aromatic N) is 1. The number of carbonyl (C=O) groups is 2. The highest BCUT2D eigenvalue weighted by Crippen LogP contribution is 2.40. The molecule has 0 aliphatic carbocycles. The Labute approximate surface area is 181 Å². The van der Waals surface area contributed by atoms with E-state index in [1.54, 1.807) is 19.1 Å². The second-order valence-electron chi connectivity index (χ2n) is 7.91. The fraction of sp³-hybridized carbons (Fsp3) is 0.333. The fourth-order valence-electron chi connectivity index (χ4n) is 4.19. The van der Waals surface area contributed by atoms with Crippen LogP contribution in [0.4, 0.5) is 14.0 Å². The van der Waals surface area contributed by atoms with E-state index in [1.165, 1.54) is 17.0 Å². The molecule has 3 rings (SSSR count). The summed E-state index contributed by atoms with van der Waals surface area (Å²) in [4.78, 5) is 25.8. The van der Waals surface area contributed by atoms with Crippen LogP contribution in [-0.4, -0.2) is 34.3 Å². The van der Waals surface area contributed by atoms with Gasteiger partial charge in [-0.25, -0.2) is 14.0 Å². The Bertz CT molecular complexity index is 950. The van der Waals surface area contributed by atoms with E-state index >= 15 is 0 Å². The van der Waals surface area contributed by atoms with Crippen molar-refractivity contribution in [3.05, 3.63) is 83.7 Å². The SMILES string of the molecule is C=CC[C@]1(NC(=O)OCc2ccccc2)CCN(C(=O)O)[C@@H](c2ccc(F)cc2C)C1. The molecule has 31 heavy (non-hydrogen) atoms. The molecule has 2 atom stereocenters. The average Bonchev–Trinajstić information content (AvgIpc) is 2.73. The minimum Gasteiger partial charge on any atom is -0.465 e. The number of piperidine rings is 1. The van der Waals surface area contributed by atoms with E-state index < -0.39 is 23.8 Å². The second-order valence-corrected chi connectivity index (χ2v) is 7.91. The molecule has 0 spiro atoms. The summed E-state index contributed by atoms with van der Waals surface area (Å²) in [6, 6.07) is 13.2. The third-order valence-electron chi connectivity index (χ3n) is 5.74. The normalized spacial score (nSPS) is 20.7. The van der Waals surface area contributed by atoms with Gasteiger partial charge >= 0.3 is 12.2 Å². The van der Waals surface area contributed by atoms with Crippen LogP contribution in [0.1, 0.15) is 42.0 Å². The Morgan fingerprint density at radius 3 is 2.71 bits per heavy atom. The van der Waals surface area contributed by atoms with E-state index in [1.807, 2.05) is 30.3 Å². The summed E-state index contributed by atoms with van der Waals surface area (Å²) < 4.78 is 19.0. The summed E-state index contributed by atoms with van der Waals surface area (Å²) in [5.41, 5.74) is 1.54. The molecule has 1 fully saturated rings. The van der Waals surface area contributed by atoms with Gasteiger partial charge in [0, 0.05) is 6.54 Å². The quantitative estimate of drug-likeness (QED) is 0.623. The first-order valence-corrected chi connectivity index (χ1v) is 10.2. The van der Waals surface area contributed by atoms with Crippen LogP contribution in [0.5, 0.6) is 0 Å². The van der Waals surface area contributed by atoms with Crippen molar-refractivity contribution < 1.29 is 23.8 Å². The predicted octanol–water partition coefficient (Wildman–Crippen LogP) is 5.19. The predicted molar refractivity (Wildman–Crippen MR) is 115 cm³/mol. The minimum absolute atomic E-state index is 0.137. The summed E-state index contributed by atoms with van der Waals surface area (Å²) in [6.45, 7) is 5.93. The van der Waals surface area contributed by atoms with E-state index in [9.17, 15) is 19.1 Å². The molecule has 0 aromatic heterocycles. The first kappa shape index (κ1) is 22.3. The van der Waals surface area contributed by atoms with E-state index in [0.717, 1.165) is 11.1 Å². The minimum atomic E-state index is -1.05. The number of aryl methyl sites for hydroxylation is 1. The van der Waals surface area contributed by atoms with E-state index in [2.05, 4.69) is 11.9 Å². The topological polar surface area (TPSA) is 78.9 Å². The van der Waals surface area contributed by atoms with Gasteiger partial charge in [-0.3, -0.25) is 0 Å². The van der Waals surface area contributed by atoms with Crippen molar-refractivity contribution in [3.8, 4) is 0 Å². The number of rotatable bonds is 6. The van der Waals surface area contributed by atoms with Gasteiger partial charge in [0.2, 0.25) is 0 Å². The highest BCUT2D eigenvalue weighted by Gasteiger charge is 2.43. The van der Waals surface area contributed by atoms with Gasteiger partial charge in [0.25, 0.3) is 0 Å². The van der Waals surface area contributed by atoms with Crippen LogP contribution >= 0.6 is 0 Å². The summed E-state index contributed by atoms with van der Waals surface area (Å²) in [6.07, 6.45) is 1.30. The Kier molecular flexibility index (Phi) is 6.95. The molecule has 2 aromatic carbocycles. The molecular weight excluding hydrogens is 399 g/mol. The molecule has 0 radical (unpaired) electrons. The molecule has 6 nitrogen and oxygen atoms in total. The molecule has 164 valence electrons. The van der Waals surface area contributed by atoms with Crippen LogP contribution in [0.25, 0.3) is 0 Å². The van der Waals surface area contributed by atoms with Crippen LogP contribution in [0.15, 0.2) is 61.2 Å². The lowest BCUT2D eigenvalue weighted by molar-refractivity contribution is 0.0622. The van der Waals surface area contributed by atoms with E-state index in [-0.39, 0.29) is 19.0 Å². The van der Waals surface area contributed by atoms with E-state index in [4.69, 9.17) is 4.74 Å². The largest absolute Gasteiger partial charge is 0.465 e. The monoisotopic (exact) mass is 426 g/mol. The maximum Gasteiger partial charge on any atom is 0.407 e. The summed E-state index contributed by atoms with van der Waals surface area (Å²) in [5, 5.41) is 12.7. The molecule has 0 unspecified atom stereocenters. The van der Waals surface area contributed by atoms with Crippen molar-refractivity contribution >= 4 is 12.2 Å². The Balaban J connectivity index is 1.81. The zero-order valence-electron chi connectivity index (χ0n) is 17.5. The number of alkyl carbamates (subject to hydrolysis) is 1. The Hall–Kier alpha value is -3.35. The van der Waals surface area contributed by atoms with Crippen molar-refractivity contribution in [2.45, 2.75) is 44.4 Å². The third-order valence-corrected chi connectivity index (χ3v) is 5.74. The number of halogens is 1. The number of nitrogens with one attached hydrogen (secondary N) is 1. The van der Waals surface area contributed by atoms with Crippen molar-refractivity contribution in [1.29, 1.82) is 0 Å². The summed E-state index contributed by atoms with van der Waals surface area (Å²) in [5.74, 6) is -0.376. The van der Waals surface area contributed by atoms with Crippen LogP contribution in [0.3, 0.4) is 0 Å². The molecule has 1 aliphatic rings. The average molecular weight is 426 g/mol. The van der Waals surface area contributed by atoms with Gasteiger partial charge in [-0.15, -0.1) is 6.58 Å². The first-order valence-electron chi connectivity index (χ1n) is 10.2. The highest BCUT2D eigenvalue weighted by molar-refractivity contribution is 5.69. The zero-order chi connectivity index (χ0) is 22.4. The van der Waals surface area contributed by atoms with Crippen molar-refractivity contribution in [2.75, 3.05) is 6.54 Å². The molecule has 2 aromatic rings. The van der Waals surface area contributed by atoms with Crippen LogP contribution in [0.2, 0.25) is 0 Å². The van der Waals surface area contributed by atoms with Crippen LogP contribution in [-0.2, 0) is 11.3 Å².